The minimum Gasteiger partial charge on any atom is -0.378 e. The molecule has 0 bridgehead atoms. The Morgan fingerprint density at radius 1 is 1.39 bits per heavy atom. The average Bonchev–Trinajstić information content (AvgIpc) is 2.91. The van der Waals surface area contributed by atoms with E-state index in [1.54, 1.807) is 6.20 Å². The molecule has 1 aliphatic rings. The highest BCUT2D eigenvalue weighted by molar-refractivity contribution is 6.40. The third-order valence-electron chi connectivity index (χ3n) is 3.98. The summed E-state index contributed by atoms with van der Waals surface area (Å²) in [5, 5.41) is 2.69. The number of nitrogens with zero attached hydrogens (tertiary/aromatic N) is 2. The monoisotopic (exact) mass is 391 g/mol. The van der Waals surface area contributed by atoms with E-state index in [9.17, 15) is 4.79 Å². The maximum absolute atomic E-state index is 11.7. The summed E-state index contributed by atoms with van der Waals surface area (Å²) in [5.41, 5.74) is 1.92. The van der Waals surface area contributed by atoms with Crippen molar-refractivity contribution in [3.05, 3.63) is 49.2 Å². The van der Waals surface area contributed by atoms with E-state index >= 15 is 0 Å². The van der Waals surface area contributed by atoms with E-state index in [-0.39, 0.29) is 5.91 Å². The molecule has 0 fully saturated rings. The second-order valence-electron chi connectivity index (χ2n) is 6.21. The Bertz CT molecular complexity index is 522. The molecular weight excluding hydrogens is 350 g/mol. The lowest BCUT2D eigenvalue weighted by molar-refractivity contribution is -0.114. The van der Waals surface area contributed by atoms with Crippen molar-refractivity contribution in [1.82, 2.24) is 10.2 Å². The van der Waals surface area contributed by atoms with Gasteiger partial charge in [0, 0.05) is 25.9 Å². The first kappa shape index (κ1) is 28.2. The molecule has 5 nitrogen and oxygen atoms in total. The molecule has 0 saturated heterocycles. The smallest absolute Gasteiger partial charge is 0.270 e. The lowest BCUT2D eigenvalue weighted by Crippen LogP contribution is -2.37. The Morgan fingerprint density at radius 3 is 2.57 bits per heavy atom. The van der Waals surface area contributed by atoms with Crippen molar-refractivity contribution in [2.24, 2.45) is 4.99 Å². The van der Waals surface area contributed by atoms with Gasteiger partial charge in [0.2, 0.25) is 0 Å². The zero-order valence-corrected chi connectivity index (χ0v) is 18.8. The molecular formula is C23H41N3O2. The van der Waals surface area contributed by atoms with Gasteiger partial charge in [-0.05, 0) is 53.7 Å². The molecule has 0 aromatic rings. The van der Waals surface area contributed by atoms with Crippen molar-refractivity contribution in [2.75, 3.05) is 33.3 Å². The molecule has 1 atom stereocenters. The molecule has 0 spiro atoms. The van der Waals surface area contributed by atoms with Crippen molar-refractivity contribution in [3.8, 4) is 0 Å². The molecule has 1 rings (SSSR count). The standard InChI is InChI=1S/C14H25N3O2.C7H12.C2H4/c1-4-12(19-5-2)7-10-17(3)11-13-14(18)16-9-6-8-15-13;1-4-6-7(3)5-2;1-2/h6,9,12H,4-5,7-8,10-11H2,1-3H3,(H,16,18);4-6H,1-3H3;1-2H2/b;6-4-,7-5-;. The van der Waals surface area contributed by atoms with Crippen LogP contribution in [0.4, 0.5) is 0 Å². The molecule has 1 heterocycles. The van der Waals surface area contributed by atoms with Gasteiger partial charge in [-0.2, -0.15) is 0 Å². The molecule has 5 heteroatoms. The first-order valence-corrected chi connectivity index (χ1v) is 10.0. The molecule has 1 N–H and O–H groups in total. The maximum atomic E-state index is 11.7. The molecule has 28 heavy (non-hydrogen) atoms. The van der Waals surface area contributed by atoms with Crippen molar-refractivity contribution < 1.29 is 9.53 Å². The van der Waals surface area contributed by atoms with Crippen LogP contribution in [0.5, 0.6) is 0 Å². The topological polar surface area (TPSA) is 53.9 Å². The fourth-order valence-corrected chi connectivity index (χ4v) is 2.33. The van der Waals surface area contributed by atoms with Gasteiger partial charge >= 0.3 is 0 Å². The Morgan fingerprint density at radius 2 is 2.07 bits per heavy atom. The third kappa shape index (κ3) is 15.1. The predicted octanol–water partition coefficient (Wildman–Crippen LogP) is 4.54. The molecule has 1 amide bonds. The Labute approximate surface area is 172 Å². The number of amides is 1. The highest BCUT2D eigenvalue weighted by Gasteiger charge is 2.15. The lowest BCUT2D eigenvalue weighted by atomic mass is 10.2. The maximum Gasteiger partial charge on any atom is 0.270 e. The van der Waals surface area contributed by atoms with Gasteiger partial charge in [-0.25, -0.2) is 0 Å². The van der Waals surface area contributed by atoms with Gasteiger partial charge in [0.25, 0.3) is 5.91 Å². The van der Waals surface area contributed by atoms with Gasteiger partial charge in [-0.1, -0.05) is 30.7 Å². The quantitative estimate of drug-likeness (QED) is 0.464. The van der Waals surface area contributed by atoms with Gasteiger partial charge in [0.1, 0.15) is 5.71 Å². The summed E-state index contributed by atoms with van der Waals surface area (Å²) in [7, 11) is 2.01. The van der Waals surface area contributed by atoms with Crippen molar-refractivity contribution in [3.63, 3.8) is 0 Å². The summed E-state index contributed by atoms with van der Waals surface area (Å²) < 4.78 is 5.63. The van der Waals surface area contributed by atoms with Crippen LogP contribution < -0.4 is 5.32 Å². The minimum atomic E-state index is -0.0996. The van der Waals surface area contributed by atoms with Crippen LogP contribution in [0.15, 0.2) is 54.2 Å². The van der Waals surface area contributed by atoms with Crippen LogP contribution in [0.1, 0.15) is 47.5 Å². The second-order valence-corrected chi connectivity index (χ2v) is 6.21. The van der Waals surface area contributed by atoms with E-state index in [4.69, 9.17) is 4.74 Å². The molecule has 0 aromatic heterocycles. The van der Waals surface area contributed by atoms with Gasteiger partial charge < -0.3 is 15.0 Å². The third-order valence-corrected chi connectivity index (χ3v) is 3.98. The first-order chi connectivity index (χ1) is 13.5. The summed E-state index contributed by atoms with van der Waals surface area (Å²) in [5.74, 6) is -0.0996. The number of allylic oxidation sites excluding steroid dienone is 4. The number of aliphatic imine (C=N–C) groups is 1. The average molecular weight is 392 g/mol. The van der Waals surface area contributed by atoms with E-state index < -0.39 is 0 Å². The highest BCUT2D eigenvalue weighted by Crippen LogP contribution is 2.04. The van der Waals surface area contributed by atoms with Gasteiger partial charge in [-0.3, -0.25) is 9.79 Å². The zero-order valence-electron chi connectivity index (χ0n) is 18.8. The van der Waals surface area contributed by atoms with Crippen LogP contribution >= 0.6 is 0 Å². The number of carbonyl (C=O) groups excluding carboxylic acids is 1. The number of nitrogens with one attached hydrogen (secondary N) is 1. The summed E-state index contributed by atoms with van der Waals surface area (Å²) >= 11 is 0. The molecule has 1 unspecified atom stereocenters. The van der Waals surface area contributed by atoms with E-state index in [0.717, 1.165) is 26.0 Å². The van der Waals surface area contributed by atoms with Crippen molar-refractivity contribution >= 4 is 11.6 Å². The van der Waals surface area contributed by atoms with Crippen LogP contribution in [0.3, 0.4) is 0 Å². The molecule has 0 aromatic carbocycles. The zero-order chi connectivity index (χ0) is 21.8. The van der Waals surface area contributed by atoms with Gasteiger partial charge in [-0.15, -0.1) is 13.2 Å². The normalized spacial score (nSPS) is 15.0. The lowest BCUT2D eigenvalue weighted by Gasteiger charge is -2.21. The van der Waals surface area contributed by atoms with Gasteiger partial charge in [0.15, 0.2) is 0 Å². The molecule has 0 saturated carbocycles. The van der Waals surface area contributed by atoms with E-state index in [1.165, 1.54) is 5.57 Å². The fraction of sp³-hybridized carbons (Fsp3) is 0.565. The summed E-state index contributed by atoms with van der Waals surface area (Å²) in [6.07, 6.45) is 12.0. The summed E-state index contributed by atoms with van der Waals surface area (Å²) in [4.78, 5) is 18.1. The molecule has 1 aliphatic heterocycles. The van der Waals surface area contributed by atoms with Crippen LogP contribution in [0.2, 0.25) is 0 Å². The summed E-state index contributed by atoms with van der Waals surface area (Å²) in [6, 6.07) is 0. The highest BCUT2D eigenvalue weighted by atomic mass is 16.5. The van der Waals surface area contributed by atoms with Gasteiger partial charge in [0.05, 0.1) is 12.6 Å². The van der Waals surface area contributed by atoms with Crippen LogP contribution in [0, 0.1) is 0 Å². The van der Waals surface area contributed by atoms with Crippen LogP contribution in [-0.4, -0.2) is 55.9 Å². The second kappa shape index (κ2) is 19.8. The number of carbonyl (C=O) groups is 1. The molecule has 0 radical (unpaired) electrons. The first-order valence-electron chi connectivity index (χ1n) is 10.0. The Kier molecular flexibility index (Phi) is 19.9. The fourth-order valence-electron chi connectivity index (χ4n) is 2.33. The SMILES string of the molecule is C/C=C\C(C)=C/C.C=C.CCOC(CC)CCN(C)CC1=NCC=CNC1=O. The van der Waals surface area contributed by atoms with Crippen molar-refractivity contribution in [1.29, 1.82) is 0 Å². The van der Waals surface area contributed by atoms with Crippen molar-refractivity contribution in [2.45, 2.75) is 53.6 Å². The van der Waals surface area contributed by atoms with E-state index in [2.05, 4.69) is 54.4 Å². The number of rotatable bonds is 9. The van der Waals surface area contributed by atoms with Crippen LogP contribution in [-0.2, 0) is 9.53 Å². The largest absolute Gasteiger partial charge is 0.378 e. The summed E-state index contributed by atoms with van der Waals surface area (Å²) in [6.45, 7) is 19.1. The number of ether oxygens (including phenoxy) is 1. The number of hydrogen-bond donors (Lipinski definition) is 1. The molecule has 160 valence electrons. The molecule has 0 aliphatic carbocycles. The van der Waals surface area contributed by atoms with E-state index in [0.29, 0.717) is 24.9 Å². The minimum absolute atomic E-state index is 0.0996. The number of hydrogen-bond acceptors (Lipinski definition) is 4. The Balaban J connectivity index is 0. The Hall–Kier alpha value is -1.98. The van der Waals surface area contributed by atoms with E-state index in [1.807, 2.05) is 40.0 Å². The predicted molar refractivity (Wildman–Crippen MR) is 123 cm³/mol. The van der Waals surface area contributed by atoms with Crippen LogP contribution in [0.25, 0.3) is 0 Å².